The zero-order chi connectivity index (χ0) is 7.42. The van der Waals surface area contributed by atoms with Crippen molar-refractivity contribution in [2.45, 2.75) is 19.3 Å². The Morgan fingerprint density at radius 1 is 1.45 bits per heavy atom. The highest BCUT2D eigenvalue weighted by molar-refractivity contribution is 5.85. The van der Waals surface area contributed by atoms with E-state index in [2.05, 4.69) is 12.2 Å². The van der Waals surface area contributed by atoms with Gasteiger partial charge in [-0.05, 0) is 30.6 Å². The molecule has 3 aliphatic rings. The summed E-state index contributed by atoms with van der Waals surface area (Å²) < 4.78 is 0. The van der Waals surface area contributed by atoms with Gasteiger partial charge in [-0.15, -0.1) is 0 Å². The van der Waals surface area contributed by atoms with Gasteiger partial charge in [-0.2, -0.15) is 0 Å². The van der Waals surface area contributed by atoms with E-state index in [0.717, 1.165) is 18.3 Å². The highest BCUT2D eigenvalue weighted by Gasteiger charge is 2.51. The molecule has 0 aromatic heterocycles. The van der Waals surface area contributed by atoms with Crippen LogP contribution in [0.1, 0.15) is 19.3 Å². The molecular formula is C10H12O. The number of carbonyl (C=O) groups is 1. The summed E-state index contributed by atoms with van der Waals surface area (Å²) in [4.78, 5) is 11.3. The maximum absolute atomic E-state index is 11.3. The van der Waals surface area contributed by atoms with Crippen LogP contribution in [0.3, 0.4) is 0 Å². The SMILES string of the molecule is O=C1C[C@@H]2C[C@H]1C1C=CCC12. The summed E-state index contributed by atoms with van der Waals surface area (Å²) in [6.07, 6.45) is 7.91. The highest BCUT2D eigenvalue weighted by atomic mass is 16.1. The molecule has 0 saturated heterocycles. The van der Waals surface area contributed by atoms with Gasteiger partial charge in [-0.3, -0.25) is 4.79 Å². The second-order valence-electron chi connectivity index (χ2n) is 4.18. The first kappa shape index (κ1) is 5.99. The first-order valence-corrected chi connectivity index (χ1v) is 4.55. The fourth-order valence-electron chi connectivity index (χ4n) is 3.28. The van der Waals surface area contributed by atoms with E-state index in [4.69, 9.17) is 0 Å². The molecule has 0 N–H and O–H groups in total. The monoisotopic (exact) mass is 148 g/mol. The number of carbonyl (C=O) groups excluding carboxylic acids is 1. The van der Waals surface area contributed by atoms with Gasteiger partial charge in [-0.25, -0.2) is 0 Å². The molecule has 2 saturated carbocycles. The summed E-state index contributed by atoms with van der Waals surface area (Å²) in [5.74, 6) is 3.25. The molecule has 3 aliphatic carbocycles. The molecule has 0 radical (unpaired) electrons. The Balaban J connectivity index is 2.00. The van der Waals surface area contributed by atoms with Gasteiger partial charge >= 0.3 is 0 Å². The molecule has 2 fully saturated rings. The Morgan fingerprint density at radius 3 is 3.27 bits per heavy atom. The topological polar surface area (TPSA) is 17.1 Å². The van der Waals surface area contributed by atoms with Crippen LogP contribution in [-0.2, 0) is 4.79 Å². The van der Waals surface area contributed by atoms with Gasteiger partial charge in [0.15, 0.2) is 0 Å². The summed E-state index contributed by atoms with van der Waals surface area (Å²) in [6, 6.07) is 0. The third kappa shape index (κ3) is 0.597. The van der Waals surface area contributed by atoms with E-state index in [0.29, 0.717) is 17.6 Å². The summed E-state index contributed by atoms with van der Waals surface area (Å²) in [7, 11) is 0. The Morgan fingerprint density at radius 2 is 2.36 bits per heavy atom. The third-order valence-corrected chi connectivity index (χ3v) is 3.76. The van der Waals surface area contributed by atoms with E-state index in [9.17, 15) is 4.79 Å². The van der Waals surface area contributed by atoms with Crippen LogP contribution in [0.2, 0.25) is 0 Å². The molecule has 2 bridgehead atoms. The quantitative estimate of drug-likeness (QED) is 0.479. The Labute approximate surface area is 66.5 Å². The molecular weight excluding hydrogens is 136 g/mol. The van der Waals surface area contributed by atoms with Crippen LogP contribution >= 0.6 is 0 Å². The fourth-order valence-corrected chi connectivity index (χ4v) is 3.28. The van der Waals surface area contributed by atoms with E-state index in [1.54, 1.807) is 0 Å². The van der Waals surface area contributed by atoms with Gasteiger partial charge < -0.3 is 0 Å². The first-order valence-electron chi connectivity index (χ1n) is 4.55. The lowest BCUT2D eigenvalue weighted by Crippen LogP contribution is -2.23. The van der Waals surface area contributed by atoms with Gasteiger partial charge in [-0.1, -0.05) is 12.2 Å². The summed E-state index contributed by atoms with van der Waals surface area (Å²) in [5.41, 5.74) is 0. The van der Waals surface area contributed by atoms with Crippen molar-refractivity contribution >= 4 is 5.78 Å². The average molecular weight is 148 g/mol. The number of rotatable bonds is 0. The molecule has 58 valence electrons. The van der Waals surface area contributed by atoms with Crippen molar-refractivity contribution in [3.8, 4) is 0 Å². The first-order chi connectivity index (χ1) is 5.36. The Hall–Kier alpha value is -0.590. The number of ketones is 1. The van der Waals surface area contributed by atoms with Gasteiger partial charge in [0.2, 0.25) is 0 Å². The van der Waals surface area contributed by atoms with Crippen LogP contribution in [0.4, 0.5) is 0 Å². The molecule has 0 heterocycles. The lowest BCUT2D eigenvalue weighted by atomic mass is 9.81. The van der Waals surface area contributed by atoms with Crippen molar-refractivity contribution in [2.75, 3.05) is 0 Å². The van der Waals surface area contributed by atoms with Crippen LogP contribution in [0.5, 0.6) is 0 Å². The highest BCUT2D eigenvalue weighted by Crippen LogP contribution is 2.54. The number of hydrogen-bond acceptors (Lipinski definition) is 1. The van der Waals surface area contributed by atoms with Crippen molar-refractivity contribution < 1.29 is 4.79 Å². The maximum atomic E-state index is 11.3. The van der Waals surface area contributed by atoms with Crippen molar-refractivity contribution in [1.29, 1.82) is 0 Å². The average Bonchev–Trinajstić information content (AvgIpc) is 2.52. The van der Waals surface area contributed by atoms with E-state index in [1.165, 1.54) is 12.8 Å². The second-order valence-corrected chi connectivity index (χ2v) is 4.18. The molecule has 4 atom stereocenters. The lowest BCUT2D eigenvalue weighted by molar-refractivity contribution is -0.123. The zero-order valence-electron chi connectivity index (χ0n) is 6.49. The molecule has 0 aromatic rings. The minimum atomic E-state index is 0.434. The molecule has 3 rings (SSSR count). The minimum absolute atomic E-state index is 0.434. The van der Waals surface area contributed by atoms with Crippen molar-refractivity contribution in [2.24, 2.45) is 23.7 Å². The number of allylic oxidation sites excluding steroid dienone is 2. The molecule has 11 heavy (non-hydrogen) atoms. The standard InChI is InChI=1S/C10H12O/c11-10-5-6-4-9(10)8-3-1-2-7(6)8/h1,3,6-9H,2,4-5H2/t6-,7?,8?,9-/m0/s1. The smallest absolute Gasteiger partial charge is 0.136 e. The van der Waals surface area contributed by atoms with Crippen LogP contribution < -0.4 is 0 Å². The van der Waals surface area contributed by atoms with Crippen molar-refractivity contribution in [1.82, 2.24) is 0 Å². The van der Waals surface area contributed by atoms with Crippen LogP contribution in [0.15, 0.2) is 12.2 Å². The number of fused-ring (bicyclic) bond motifs is 5. The number of Topliss-reactive ketones (excluding diaryl/α,β-unsaturated/α-hetero) is 1. The molecule has 1 nitrogen and oxygen atoms in total. The summed E-state index contributed by atoms with van der Waals surface area (Å²) >= 11 is 0. The predicted octanol–water partition coefficient (Wildman–Crippen LogP) is 1.79. The van der Waals surface area contributed by atoms with Crippen LogP contribution in [-0.4, -0.2) is 5.78 Å². The maximum Gasteiger partial charge on any atom is 0.136 e. The number of hydrogen-bond donors (Lipinski definition) is 0. The third-order valence-electron chi connectivity index (χ3n) is 3.76. The molecule has 0 aliphatic heterocycles. The molecule has 0 spiro atoms. The largest absolute Gasteiger partial charge is 0.299 e. The van der Waals surface area contributed by atoms with Gasteiger partial charge in [0.05, 0.1) is 0 Å². The molecule has 2 unspecified atom stereocenters. The zero-order valence-corrected chi connectivity index (χ0v) is 6.49. The Bertz CT molecular complexity index is 241. The summed E-state index contributed by atoms with van der Waals surface area (Å²) in [5, 5.41) is 0. The lowest BCUT2D eigenvalue weighted by Gasteiger charge is -2.22. The van der Waals surface area contributed by atoms with Gasteiger partial charge in [0.1, 0.15) is 5.78 Å². The van der Waals surface area contributed by atoms with E-state index >= 15 is 0 Å². The summed E-state index contributed by atoms with van der Waals surface area (Å²) in [6.45, 7) is 0. The van der Waals surface area contributed by atoms with E-state index in [1.807, 2.05) is 0 Å². The van der Waals surface area contributed by atoms with Gasteiger partial charge in [0, 0.05) is 12.3 Å². The van der Waals surface area contributed by atoms with Gasteiger partial charge in [0.25, 0.3) is 0 Å². The normalized spacial score (nSPS) is 52.2. The second kappa shape index (κ2) is 1.77. The van der Waals surface area contributed by atoms with Crippen molar-refractivity contribution in [3.63, 3.8) is 0 Å². The Kier molecular flexibility index (Phi) is 0.961. The van der Waals surface area contributed by atoms with Crippen LogP contribution in [0, 0.1) is 23.7 Å². The minimum Gasteiger partial charge on any atom is -0.299 e. The predicted molar refractivity (Wildman–Crippen MR) is 42.0 cm³/mol. The van der Waals surface area contributed by atoms with Crippen LogP contribution in [0.25, 0.3) is 0 Å². The van der Waals surface area contributed by atoms with E-state index < -0.39 is 0 Å². The molecule has 0 aromatic carbocycles. The molecule has 1 heteroatoms. The fraction of sp³-hybridized carbons (Fsp3) is 0.700. The van der Waals surface area contributed by atoms with E-state index in [-0.39, 0.29) is 0 Å². The van der Waals surface area contributed by atoms with Crippen molar-refractivity contribution in [3.05, 3.63) is 12.2 Å². The molecule has 0 amide bonds.